The lowest BCUT2D eigenvalue weighted by Crippen LogP contribution is -2.23. The monoisotopic (exact) mass is 279 g/mol. The molecule has 1 aliphatic rings. The van der Waals surface area contributed by atoms with E-state index in [0.717, 1.165) is 17.0 Å². The van der Waals surface area contributed by atoms with Crippen molar-refractivity contribution in [3.63, 3.8) is 0 Å². The average molecular weight is 280 g/mol. The highest BCUT2D eigenvalue weighted by molar-refractivity contribution is 6.35. The maximum atomic E-state index is 6.20. The zero-order valence-electron chi connectivity index (χ0n) is 9.49. The molecule has 1 atom stereocenters. The van der Waals surface area contributed by atoms with Gasteiger partial charge < -0.3 is 10.1 Å². The first-order valence-electron chi connectivity index (χ1n) is 5.68. The first-order chi connectivity index (χ1) is 8.74. The summed E-state index contributed by atoms with van der Waals surface area (Å²) >= 11 is 12.1. The second-order valence-electron chi connectivity index (χ2n) is 4.15. The van der Waals surface area contributed by atoms with Gasteiger partial charge in [-0.1, -0.05) is 41.4 Å². The number of hydrogen-bond acceptors (Lipinski definition) is 2. The first-order valence-corrected chi connectivity index (χ1v) is 6.44. The summed E-state index contributed by atoms with van der Waals surface area (Å²) in [4.78, 5) is 0. The fourth-order valence-corrected chi connectivity index (χ4v) is 2.58. The molecule has 1 N–H and O–H groups in total. The van der Waals surface area contributed by atoms with E-state index in [1.807, 2.05) is 36.4 Å². The summed E-state index contributed by atoms with van der Waals surface area (Å²) in [5.41, 5.74) is 1.96. The summed E-state index contributed by atoms with van der Waals surface area (Å²) in [6, 6.07) is 13.3. The van der Waals surface area contributed by atoms with E-state index in [2.05, 4.69) is 5.32 Å². The molecule has 1 unspecified atom stereocenters. The number of nitrogens with one attached hydrogen (secondary N) is 1. The van der Waals surface area contributed by atoms with Gasteiger partial charge in [0.1, 0.15) is 11.9 Å². The summed E-state index contributed by atoms with van der Waals surface area (Å²) in [5, 5.41) is 4.60. The van der Waals surface area contributed by atoms with Gasteiger partial charge in [0.15, 0.2) is 0 Å². The maximum absolute atomic E-state index is 6.20. The van der Waals surface area contributed by atoms with Crippen LogP contribution in [0.5, 0.6) is 5.75 Å². The van der Waals surface area contributed by atoms with Gasteiger partial charge in [0.2, 0.25) is 0 Å². The molecule has 2 aromatic carbocycles. The molecular formula is C14H11Cl2NO. The summed E-state index contributed by atoms with van der Waals surface area (Å²) in [6.07, 6.45) is -0.0929. The van der Waals surface area contributed by atoms with E-state index in [-0.39, 0.29) is 6.10 Å². The number of benzene rings is 2. The molecule has 0 aliphatic carbocycles. The minimum atomic E-state index is -0.0929. The van der Waals surface area contributed by atoms with E-state index in [1.54, 1.807) is 6.07 Å². The zero-order valence-corrected chi connectivity index (χ0v) is 11.0. The Morgan fingerprint density at radius 2 is 1.94 bits per heavy atom. The summed E-state index contributed by atoms with van der Waals surface area (Å²) in [7, 11) is 0. The molecule has 2 aromatic rings. The summed E-state index contributed by atoms with van der Waals surface area (Å²) < 4.78 is 5.95. The molecule has 0 aromatic heterocycles. The highest BCUT2D eigenvalue weighted by Crippen LogP contribution is 2.36. The minimum absolute atomic E-state index is 0.0929. The lowest BCUT2D eigenvalue weighted by molar-refractivity contribution is 0.210. The van der Waals surface area contributed by atoms with E-state index in [0.29, 0.717) is 16.6 Å². The van der Waals surface area contributed by atoms with Crippen molar-refractivity contribution in [3.05, 3.63) is 58.1 Å². The van der Waals surface area contributed by atoms with Crippen molar-refractivity contribution < 1.29 is 4.74 Å². The van der Waals surface area contributed by atoms with E-state index in [1.165, 1.54) is 0 Å². The zero-order chi connectivity index (χ0) is 12.5. The Labute approximate surface area is 115 Å². The van der Waals surface area contributed by atoms with Gasteiger partial charge in [-0.15, -0.1) is 0 Å². The molecule has 4 heteroatoms. The first kappa shape index (κ1) is 11.7. The van der Waals surface area contributed by atoms with Crippen LogP contribution < -0.4 is 10.1 Å². The summed E-state index contributed by atoms with van der Waals surface area (Å²) in [6.45, 7) is 0.693. The van der Waals surface area contributed by atoms with Gasteiger partial charge in [0, 0.05) is 15.6 Å². The van der Waals surface area contributed by atoms with Crippen molar-refractivity contribution in [1.82, 2.24) is 0 Å². The third kappa shape index (κ3) is 2.14. The van der Waals surface area contributed by atoms with E-state index < -0.39 is 0 Å². The highest BCUT2D eigenvalue weighted by Gasteiger charge is 2.22. The molecular weight excluding hydrogens is 269 g/mol. The number of rotatable bonds is 1. The molecule has 0 radical (unpaired) electrons. The van der Waals surface area contributed by atoms with Crippen molar-refractivity contribution in [2.24, 2.45) is 0 Å². The van der Waals surface area contributed by atoms with Crippen LogP contribution in [0.4, 0.5) is 5.69 Å². The SMILES string of the molecule is Clc1ccc(C2CNc3ccccc3O2)c(Cl)c1. The third-order valence-electron chi connectivity index (χ3n) is 2.94. The Morgan fingerprint density at radius 1 is 1.11 bits per heavy atom. The number of anilines is 1. The van der Waals surface area contributed by atoms with Crippen LogP contribution in [-0.2, 0) is 0 Å². The molecule has 1 aliphatic heterocycles. The number of halogens is 2. The number of ether oxygens (including phenoxy) is 1. The molecule has 0 bridgehead atoms. The van der Waals surface area contributed by atoms with Crippen molar-refractivity contribution >= 4 is 28.9 Å². The van der Waals surface area contributed by atoms with Gasteiger partial charge in [0.05, 0.1) is 12.2 Å². The second-order valence-corrected chi connectivity index (χ2v) is 4.99. The van der Waals surface area contributed by atoms with Crippen LogP contribution >= 0.6 is 23.2 Å². The van der Waals surface area contributed by atoms with E-state index >= 15 is 0 Å². The van der Waals surface area contributed by atoms with Crippen LogP contribution in [0.2, 0.25) is 10.0 Å². The minimum Gasteiger partial charge on any atom is -0.482 e. The Hall–Kier alpha value is -1.38. The molecule has 1 heterocycles. The third-order valence-corrected chi connectivity index (χ3v) is 3.51. The Morgan fingerprint density at radius 3 is 2.78 bits per heavy atom. The van der Waals surface area contributed by atoms with Crippen molar-refractivity contribution in [2.45, 2.75) is 6.10 Å². The van der Waals surface area contributed by atoms with Crippen LogP contribution in [0.15, 0.2) is 42.5 Å². The van der Waals surface area contributed by atoms with E-state index in [9.17, 15) is 0 Å². The van der Waals surface area contributed by atoms with Crippen LogP contribution in [0, 0.1) is 0 Å². The predicted octanol–water partition coefficient (Wildman–Crippen LogP) is 4.54. The van der Waals surface area contributed by atoms with Crippen LogP contribution in [0.25, 0.3) is 0 Å². The van der Waals surface area contributed by atoms with Crippen molar-refractivity contribution in [2.75, 3.05) is 11.9 Å². The van der Waals surface area contributed by atoms with Crippen LogP contribution in [-0.4, -0.2) is 6.54 Å². The van der Waals surface area contributed by atoms with Crippen LogP contribution in [0.3, 0.4) is 0 Å². The predicted molar refractivity (Wildman–Crippen MR) is 74.8 cm³/mol. The Bertz CT molecular complexity index is 586. The number of hydrogen-bond donors (Lipinski definition) is 1. The summed E-state index contributed by atoms with van der Waals surface area (Å²) in [5.74, 6) is 0.847. The largest absolute Gasteiger partial charge is 0.482 e. The van der Waals surface area contributed by atoms with E-state index in [4.69, 9.17) is 27.9 Å². The maximum Gasteiger partial charge on any atom is 0.143 e. The normalized spacial score (nSPS) is 17.6. The van der Waals surface area contributed by atoms with Crippen LogP contribution in [0.1, 0.15) is 11.7 Å². The molecule has 2 nitrogen and oxygen atoms in total. The standard InChI is InChI=1S/C14H11Cl2NO/c15-9-5-6-10(11(16)7-9)14-8-17-12-3-1-2-4-13(12)18-14/h1-7,14,17H,8H2. The fourth-order valence-electron chi connectivity index (χ4n) is 2.05. The molecule has 0 spiro atoms. The smallest absolute Gasteiger partial charge is 0.143 e. The molecule has 92 valence electrons. The molecule has 0 saturated carbocycles. The molecule has 18 heavy (non-hydrogen) atoms. The van der Waals surface area contributed by atoms with Crippen molar-refractivity contribution in [1.29, 1.82) is 0 Å². The Balaban J connectivity index is 1.92. The molecule has 0 amide bonds. The lowest BCUT2D eigenvalue weighted by atomic mass is 10.1. The molecule has 3 rings (SSSR count). The lowest BCUT2D eigenvalue weighted by Gasteiger charge is -2.28. The molecule has 0 saturated heterocycles. The topological polar surface area (TPSA) is 21.3 Å². The van der Waals surface area contributed by atoms with Gasteiger partial charge in [0.25, 0.3) is 0 Å². The highest BCUT2D eigenvalue weighted by atomic mass is 35.5. The number of fused-ring (bicyclic) bond motifs is 1. The van der Waals surface area contributed by atoms with Gasteiger partial charge in [-0.05, 0) is 24.3 Å². The van der Waals surface area contributed by atoms with Gasteiger partial charge in [-0.2, -0.15) is 0 Å². The van der Waals surface area contributed by atoms with Gasteiger partial charge >= 0.3 is 0 Å². The Kier molecular flexibility index (Phi) is 3.06. The number of para-hydroxylation sites is 2. The molecule has 0 fully saturated rings. The quantitative estimate of drug-likeness (QED) is 0.828. The second kappa shape index (κ2) is 4.71. The average Bonchev–Trinajstić information content (AvgIpc) is 2.38. The fraction of sp³-hybridized carbons (Fsp3) is 0.143. The van der Waals surface area contributed by atoms with Gasteiger partial charge in [-0.25, -0.2) is 0 Å². The van der Waals surface area contributed by atoms with Gasteiger partial charge in [-0.3, -0.25) is 0 Å². The van der Waals surface area contributed by atoms with Crippen molar-refractivity contribution in [3.8, 4) is 5.75 Å².